The quantitative estimate of drug-likeness (QED) is 0.745. The van der Waals surface area contributed by atoms with Crippen LogP contribution in [-0.2, 0) is 10.0 Å². The second kappa shape index (κ2) is 8.89. The number of thioether (sulfide) groups is 1. The van der Waals surface area contributed by atoms with E-state index in [0.29, 0.717) is 13.1 Å². The zero-order valence-corrected chi connectivity index (χ0v) is 17.0. The summed E-state index contributed by atoms with van der Waals surface area (Å²) in [6.07, 6.45) is 0. The molecule has 5 nitrogen and oxygen atoms in total. The average Bonchev–Trinajstić information content (AvgIpc) is 2.70. The molecule has 2 aromatic carbocycles. The maximum absolute atomic E-state index is 12.9. The van der Waals surface area contributed by atoms with Gasteiger partial charge in [0.15, 0.2) is 0 Å². The van der Waals surface area contributed by atoms with Gasteiger partial charge in [-0.25, -0.2) is 8.42 Å². The number of hydrogen-bond donors (Lipinski definition) is 1. The Morgan fingerprint density at radius 3 is 2.44 bits per heavy atom. The van der Waals surface area contributed by atoms with Crippen LogP contribution in [0.5, 0.6) is 0 Å². The van der Waals surface area contributed by atoms with Crippen molar-refractivity contribution >= 4 is 21.8 Å². The number of nitriles is 1. The number of nitrogens with one attached hydrogen (secondary N) is 1. The number of quaternary nitrogens is 1. The van der Waals surface area contributed by atoms with Gasteiger partial charge < -0.3 is 4.90 Å². The largest absolute Gasteiger partial charge is 0.332 e. The second-order valence-corrected chi connectivity index (χ2v) is 9.75. The van der Waals surface area contributed by atoms with Crippen LogP contribution in [0.1, 0.15) is 11.1 Å². The minimum absolute atomic E-state index is 0.117. The first-order valence-corrected chi connectivity index (χ1v) is 11.5. The third kappa shape index (κ3) is 4.90. The van der Waals surface area contributed by atoms with Crippen molar-refractivity contribution in [1.29, 1.82) is 5.26 Å². The Bertz CT molecular complexity index is 913. The molecular formula is C20H24N3O2S2+. The molecule has 1 heterocycles. The highest BCUT2D eigenvalue weighted by molar-refractivity contribution is 7.99. The van der Waals surface area contributed by atoms with E-state index >= 15 is 0 Å². The number of benzene rings is 2. The standard InChI is InChI=1S/C20H23N3O2S2/c1-17-6-8-19(9-7-17)26-15-14-22-10-12-23(13-11-22)27(24,25)20-5-3-2-4-18(20)16-21/h2-9H,10-15H2,1H3/p+1. The van der Waals surface area contributed by atoms with Gasteiger partial charge >= 0.3 is 0 Å². The summed E-state index contributed by atoms with van der Waals surface area (Å²) in [7, 11) is -3.60. The molecular weight excluding hydrogens is 378 g/mol. The maximum Gasteiger partial charge on any atom is 0.244 e. The minimum Gasteiger partial charge on any atom is -0.332 e. The summed E-state index contributed by atoms with van der Waals surface area (Å²) in [4.78, 5) is 2.81. The van der Waals surface area contributed by atoms with Crippen molar-refractivity contribution in [3.63, 3.8) is 0 Å². The Hall–Kier alpha value is -1.85. The van der Waals surface area contributed by atoms with Gasteiger partial charge in [-0.15, -0.1) is 11.8 Å². The smallest absolute Gasteiger partial charge is 0.244 e. The molecule has 0 aliphatic carbocycles. The number of nitrogens with zero attached hydrogens (tertiary/aromatic N) is 2. The normalized spacial score (nSPS) is 16.1. The predicted molar refractivity (Wildman–Crippen MR) is 107 cm³/mol. The lowest BCUT2D eigenvalue weighted by Crippen LogP contribution is -3.15. The Morgan fingerprint density at radius 1 is 1.11 bits per heavy atom. The SMILES string of the molecule is Cc1ccc(SCC[NH+]2CCN(S(=O)(=O)c3ccccc3C#N)CC2)cc1. The number of piperazine rings is 1. The van der Waals surface area contributed by atoms with Gasteiger partial charge in [-0.3, -0.25) is 0 Å². The average molecular weight is 403 g/mol. The molecule has 27 heavy (non-hydrogen) atoms. The predicted octanol–water partition coefficient (Wildman–Crippen LogP) is 1.55. The fourth-order valence-electron chi connectivity index (χ4n) is 3.16. The minimum atomic E-state index is -3.60. The highest BCUT2D eigenvalue weighted by Crippen LogP contribution is 2.20. The van der Waals surface area contributed by atoms with Crippen molar-refractivity contribution in [1.82, 2.24) is 4.31 Å². The number of sulfonamides is 1. The Morgan fingerprint density at radius 2 is 1.78 bits per heavy atom. The molecule has 1 fully saturated rings. The molecule has 0 unspecified atom stereocenters. The zero-order chi connectivity index (χ0) is 19.3. The lowest BCUT2D eigenvalue weighted by atomic mass is 10.2. The Kier molecular flexibility index (Phi) is 6.55. The van der Waals surface area contributed by atoms with Crippen molar-refractivity contribution in [3.05, 3.63) is 59.7 Å². The van der Waals surface area contributed by atoms with Gasteiger partial charge in [-0.05, 0) is 31.2 Å². The summed E-state index contributed by atoms with van der Waals surface area (Å²) in [6.45, 7) is 5.67. The molecule has 0 atom stereocenters. The first-order valence-electron chi connectivity index (χ1n) is 9.03. The van der Waals surface area contributed by atoms with E-state index in [4.69, 9.17) is 0 Å². The van der Waals surface area contributed by atoms with Gasteiger partial charge in [0.25, 0.3) is 0 Å². The lowest BCUT2D eigenvalue weighted by Gasteiger charge is -2.31. The molecule has 1 saturated heterocycles. The number of rotatable bonds is 6. The van der Waals surface area contributed by atoms with Crippen LogP contribution >= 0.6 is 11.8 Å². The van der Waals surface area contributed by atoms with Gasteiger partial charge in [0, 0.05) is 10.6 Å². The van der Waals surface area contributed by atoms with Crippen LogP contribution < -0.4 is 4.90 Å². The van der Waals surface area contributed by atoms with Gasteiger partial charge in [-0.2, -0.15) is 9.57 Å². The summed E-state index contributed by atoms with van der Waals surface area (Å²) in [5.41, 5.74) is 1.47. The van der Waals surface area contributed by atoms with E-state index in [-0.39, 0.29) is 10.5 Å². The summed E-state index contributed by atoms with van der Waals surface area (Å²) in [5, 5.41) is 9.19. The molecule has 0 radical (unpaired) electrons. The Balaban J connectivity index is 1.52. The van der Waals surface area contributed by atoms with Crippen molar-refractivity contribution in [2.45, 2.75) is 16.7 Å². The van der Waals surface area contributed by atoms with E-state index in [0.717, 1.165) is 25.4 Å². The van der Waals surface area contributed by atoms with Crippen molar-refractivity contribution < 1.29 is 13.3 Å². The van der Waals surface area contributed by atoms with Crippen LogP contribution in [0.3, 0.4) is 0 Å². The first kappa shape index (κ1) is 19.9. The molecule has 0 amide bonds. The third-order valence-electron chi connectivity index (χ3n) is 4.80. The molecule has 0 saturated carbocycles. The zero-order valence-electron chi connectivity index (χ0n) is 15.4. The molecule has 0 aromatic heterocycles. The topological polar surface area (TPSA) is 65.6 Å². The van der Waals surface area contributed by atoms with Gasteiger partial charge in [0.1, 0.15) is 6.07 Å². The van der Waals surface area contributed by atoms with Crippen LogP contribution in [0.25, 0.3) is 0 Å². The van der Waals surface area contributed by atoms with E-state index in [1.807, 2.05) is 17.8 Å². The van der Waals surface area contributed by atoms with Crippen molar-refractivity contribution in [2.24, 2.45) is 0 Å². The van der Waals surface area contributed by atoms with Crippen molar-refractivity contribution in [2.75, 3.05) is 38.5 Å². The van der Waals surface area contributed by atoms with E-state index in [2.05, 4.69) is 31.2 Å². The Labute approximate surface area is 165 Å². The monoisotopic (exact) mass is 402 g/mol. The third-order valence-corrected chi connectivity index (χ3v) is 7.77. The summed E-state index contributed by atoms with van der Waals surface area (Å²) in [5.74, 6) is 1.02. The van der Waals surface area contributed by atoms with Crippen LogP contribution in [0.4, 0.5) is 0 Å². The molecule has 0 bridgehead atoms. The molecule has 1 N–H and O–H groups in total. The fourth-order valence-corrected chi connectivity index (χ4v) is 5.70. The lowest BCUT2D eigenvalue weighted by molar-refractivity contribution is -0.901. The number of aryl methyl sites for hydroxylation is 1. The first-order chi connectivity index (χ1) is 13.0. The molecule has 142 valence electrons. The highest BCUT2D eigenvalue weighted by Gasteiger charge is 2.31. The van der Waals surface area contributed by atoms with E-state index < -0.39 is 10.0 Å². The summed E-state index contributed by atoms with van der Waals surface area (Å²) in [6, 6.07) is 16.9. The highest BCUT2D eigenvalue weighted by atomic mass is 32.2. The van der Waals surface area contributed by atoms with E-state index in [1.165, 1.54) is 25.7 Å². The fraction of sp³-hybridized carbons (Fsp3) is 0.350. The van der Waals surface area contributed by atoms with Gasteiger partial charge in [-0.1, -0.05) is 29.8 Å². The van der Waals surface area contributed by atoms with Crippen LogP contribution in [0, 0.1) is 18.3 Å². The molecule has 2 aromatic rings. The van der Waals surface area contributed by atoms with Crippen LogP contribution in [-0.4, -0.2) is 51.2 Å². The van der Waals surface area contributed by atoms with Gasteiger partial charge in [0.2, 0.25) is 10.0 Å². The number of hydrogen-bond acceptors (Lipinski definition) is 4. The molecule has 0 spiro atoms. The molecule has 7 heteroatoms. The summed E-state index contributed by atoms with van der Waals surface area (Å²) < 4.78 is 27.2. The second-order valence-electron chi connectivity index (χ2n) is 6.67. The molecule has 3 rings (SSSR count). The summed E-state index contributed by atoms with van der Waals surface area (Å²) >= 11 is 1.84. The molecule has 1 aliphatic heterocycles. The molecule has 1 aliphatic rings. The maximum atomic E-state index is 12.9. The van der Waals surface area contributed by atoms with Gasteiger partial charge in [0.05, 0.1) is 43.2 Å². The van der Waals surface area contributed by atoms with Crippen LogP contribution in [0.2, 0.25) is 0 Å². The van der Waals surface area contributed by atoms with Crippen molar-refractivity contribution in [3.8, 4) is 6.07 Å². The van der Waals surface area contributed by atoms with E-state index in [9.17, 15) is 13.7 Å². The van der Waals surface area contributed by atoms with Crippen LogP contribution in [0.15, 0.2) is 58.3 Å². The van der Waals surface area contributed by atoms with E-state index in [1.54, 1.807) is 18.2 Å².